The molecule has 1 fully saturated rings. The van der Waals surface area contributed by atoms with Gasteiger partial charge in [0.05, 0.1) is 6.04 Å². The van der Waals surface area contributed by atoms with Crippen LogP contribution in [0.2, 0.25) is 0 Å². The van der Waals surface area contributed by atoms with E-state index in [-0.39, 0.29) is 6.04 Å². The molecule has 1 aliphatic carbocycles. The summed E-state index contributed by atoms with van der Waals surface area (Å²) in [7, 11) is 0. The number of benzene rings is 1. The molecule has 3 N–H and O–H groups in total. The molecule has 1 aliphatic rings. The van der Waals surface area contributed by atoms with Gasteiger partial charge in [-0.25, -0.2) is 5.43 Å². The Kier molecular flexibility index (Phi) is 3.46. The van der Waals surface area contributed by atoms with Crippen LogP contribution in [0.5, 0.6) is 0 Å². The zero-order valence-corrected chi connectivity index (χ0v) is 11.1. The standard InChI is InChI=1S/C15H18N2S/c16-17-15(14-5-2-10-18-14)13-8-6-12(7-9-13)11-3-1-4-11/h2,5-11,15,17H,1,3-4,16H2. The van der Waals surface area contributed by atoms with Crippen LogP contribution in [-0.2, 0) is 0 Å². The zero-order valence-electron chi connectivity index (χ0n) is 10.3. The number of thiophene rings is 1. The molecule has 0 spiro atoms. The monoisotopic (exact) mass is 258 g/mol. The van der Waals surface area contributed by atoms with Crippen LogP contribution in [0.3, 0.4) is 0 Å². The first-order valence-corrected chi connectivity index (χ1v) is 7.36. The van der Waals surface area contributed by atoms with E-state index in [2.05, 4.69) is 47.2 Å². The van der Waals surface area contributed by atoms with Crippen molar-refractivity contribution in [1.82, 2.24) is 5.43 Å². The Morgan fingerprint density at radius 1 is 1.17 bits per heavy atom. The number of nitrogens with one attached hydrogen (secondary N) is 1. The van der Waals surface area contributed by atoms with Gasteiger partial charge in [0, 0.05) is 4.88 Å². The SMILES string of the molecule is NNC(c1ccc(C2CCC2)cc1)c1cccs1. The van der Waals surface area contributed by atoms with Crippen molar-refractivity contribution in [3.05, 3.63) is 57.8 Å². The summed E-state index contributed by atoms with van der Waals surface area (Å²) in [4.78, 5) is 1.26. The summed E-state index contributed by atoms with van der Waals surface area (Å²) >= 11 is 1.73. The van der Waals surface area contributed by atoms with Gasteiger partial charge < -0.3 is 0 Å². The molecule has 0 radical (unpaired) electrons. The highest BCUT2D eigenvalue weighted by molar-refractivity contribution is 7.10. The van der Waals surface area contributed by atoms with Crippen LogP contribution in [0.15, 0.2) is 41.8 Å². The Morgan fingerprint density at radius 2 is 1.94 bits per heavy atom. The summed E-state index contributed by atoms with van der Waals surface area (Å²) in [5.74, 6) is 6.48. The molecule has 2 nitrogen and oxygen atoms in total. The van der Waals surface area contributed by atoms with E-state index < -0.39 is 0 Å². The van der Waals surface area contributed by atoms with Gasteiger partial charge >= 0.3 is 0 Å². The molecule has 1 heterocycles. The maximum atomic E-state index is 5.69. The highest BCUT2D eigenvalue weighted by atomic mass is 32.1. The number of nitrogens with two attached hydrogens (primary N) is 1. The molecule has 0 aliphatic heterocycles. The largest absolute Gasteiger partial charge is 0.271 e. The van der Waals surface area contributed by atoms with Crippen LogP contribution in [0.1, 0.15) is 47.2 Å². The molecule has 1 saturated carbocycles. The fourth-order valence-corrected chi connectivity index (χ4v) is 3.31. The minimum Gasteiger partial charge on any atom is -0.271 e. The maximum absolute atomic E-state index is 5.69. The maximum Gasteiger partial charge on any atom is 0.0802 e. The molecule has 2 aromatic rings. The molecule has 3 heteroatoms. The predicted octanol–water partition coefficient (Wildman–Crippen LogP) is 3.57. The number of hydrogen-bond donors (Lipinski definition) is 2. The van der Waals surface area contributed by atoms with E-state index >= 15 is 0 Å². The van der Waals surface area contributed by atoms with Crippen LogP contribution in [-0.4, -0.2) is 0 Å². The zero-order chi connectivity index (χ0) is 12.4. The fourth-order valence-electron chi connectivity index (χ4n) is 2.50. The van der Waals surface area contributed by atoms with E-state index in [1.54, 1.807) is 11.3 Å². The first-order valence-electron chi connectivity index (χ1n) is 6.48. The second-order valence-corrected chi connectivity index (χ2v) is 5.89. The third-order valence-corrected chi connectivity index (χ3v) is 4.78. The Labute approximate surface area is 112 Å². The number of hydrazine groups is 1. The lowest BCUT2D eigenvalue weighted by atomic mass is 9.80. The van der Waals surface area contributed by atoms with E-state index in [4.69, 9.17) is 5.84 Å². The molecule has 1 aromatic heterocycles. The number of hydrogen-bond acceptors (Lipinski definition) is 3. The van der Waals surface area contributed by atoms with Crippen molar-refractivity contribution in [2.45, 2.75) is 31.2 Å². The molecule has 18 heavy (non-hydrogen) atoms. The summed E-state index contributed by atoms with van der Waals surface area (Å²) in [6.07, 6.45) is 4.08. The lowest BCUT2D eigenvalue weighted by molar-refractivity contribution is 0.419. The third kappa shape index (κ3) is 2.21. The van der Waals surface area contributed by atoms with Crippen molar-refractivity contribution in [2.75, 3.05) is 0 Å². The van der Waals surface area contributed by atoms with E-state index in [1.165, 1.54) is 35.3 Å². The van der Waals surface area contributed by atoms with Crippen molar-refractivity contribution in [2.24, 2.45) is 5.84 Å². The predicted molar refractivity (Wildman–Crippen MR) is 76.5 cm³/mol. The van der Waals surface area contributed by atoms with E-state index in [0.29, 0.717) is 0 Å². The lowest BCUT2D eigenvalue weighted by Crippen LogP contribution is -2.28. The molecular weight excluding hydrogens is 240 g/mol. The van der Waals surface area contributed by atoms with Crippen molar-refractivity contribution in [1.29, 1.82) is 0 Å². The third-order valence-electron chi connectivity index (χ3n) is 3.84. The Morgan fingerprint density at radius 3 is 2.44 bits per heavy atom. The quantitative estimate of drug-likeness (QED) is 0.650. The summed E-state index contributed by atoms with van der Waals surface area (Å²) < 4.78 is 0. The molecule has 0 bridgehead atoms. The van der Waals surface area contributed by atoms with Crippen molar-refractivity contribution >= 4 is 11.3 Å². The van der Waals surface area contributed by atoms with Crippen LogP contribution >= 0.6 is 11.3 Å². The van der Waals surface area contributed by atoms with Gasteiger partial charge in [-0.15, -0.1) is 11.3 Å². The summed E-state index contributed by atoms with van der Waals surface area (Å²) in [6, 6.07) is 13.2. The molecule has 1 atom stereocenters. The van der Waals surface area contributed by atoms with Gasteiger partial charge in [-0.2, -0.15) is 0 Å². The van der Waals surface area contributed by atoms with Gasteiger partial charge in [0.2, 0.25) is 0 Å². The summed E-state index contributed by atoms with van der Waals surface area (Å²) in [5.41, 5.74) is 5.63. The minimum atomic E-state index is 0.112. The smallest absolute Gasteiger partial charge is 0.0802 e. The Hall–Kier alpha value is -1.16. The van der Waals surface area contributed by atoms with Crippen molar-refractivity contribution in [3.63, 3.8) is 0 Å². The first kappa shape index (κ1) is 11.9. The average molecular weight is 258 g/mol. The highest BCUT2D eigenvalue weighted by Crippen LogP contribution is 2.37. The van der Waals surface area contributed by atoms with Crippen molar-refractivity contribution in [3.8, 4) is 0 Å². The molecule has 94 valence electrons. The molecule has 1 aromatic carbocycles. The molecule has 3 rings (SSSR count). The van der Waals surface area contributed by atoms with Crippen LogP contribution < -0.4 is 11.3 Å². The van der Waals surface area contributed by atoms with Gasteiger partial charge in [0.25, 0.3) is 0 Å². The Balaban J connectivity index is 1.82. The number of rotatable bonds is 4. The molecule has 1 unspecified atom stereocenters. The van der Waals surface area contributed by atoms with Gasteiger partial charge in [-0.1, -0.05) is 36.8 Å². The molecule has 0 amide bonds. The van der Waals surface area contributed by atoms with Gasteiger partial charge in [-0.05, 0) is 41.3 Å². The topological polar surface area (TPSA) is 38.0 Å². The second kappa shape index (κ2) is 5.22. The average Bonchev–Trinajstić information content (AvgIpc) is 2.84. The molecular formula is C15H18N2S. The van der Waals surface area contributed by atoms with Gasteiger partial charge in [-0.3, -0.25) is 5.84 Å². The van der Waals surface area contributed by atoms with Crippen molar-refractivity contribution < 1.29 is 0 Å². The van der Waals surface area contributed by atoms with Crippen LogP contribution in [0, 0.1) is 0 Å². The highest BCUT2D eigenvalue weighted by Gasteiger charge is 2.20. The first-order chi connectivity index (χ1) is 8.88. The van der Waals surface area contributed by atoms with E-state index in [9.17, 15) is 0 Å². The normalized spacial score (nSPS) is 17.4. The van der Waals surface area contributed by atoms with E-state index in [1.807, 2.05) is 0 Å². The van der Waals surface area contributed by atoms with Crippen LogP contribution in [0.25, 0.3) is 0 Å². The van der Waals surface area contributed by atoms with Gasteiger partial charge in [0.1, 0.15) is 0 Å². The molecule has 0 saturated heterocycles. The minimum absolute atomic E-state index is 0.112. The Bertz CT molecular complexity index is 486. The van der Waals surface area contributed by atoms with Crippen LogP contribution in [0.4, 0.5) is 0 Å². The summed E-state index contributed by atoms with van der Waals surface area (Å²) in [5, 5.41) is 2.09. The van der Waals surface area contributed by atoms with Gasteiger partial charge in [0.15, 0.2) is 0 Å². The summed E-state index contributed by atoms with van der Waals surface area (Å²) in [6.45, 7) is 0. The van der Waals surface area contributed by atoms with E-state index in [0.717, 1.165) is 5.92 Å². The fraction of sp³-hybridized carbons (Fsp3) is 0.333. The lowest BCUT2D eigenvalue weighted by Gasteiger charge is -2.26. The second-order valence-electron chi connectivity index (χ2n) is 4.91.